The minimum atomic E-state index is -1.03. The van der Waals surface area contributed by atoms with Crippen LogP contribution in [0.15, 0.2) is 53.0 Å². The number of halogens is 1. The van der Waals surface area contributed by atoms with Gasteiger partial charge in [0.25, 0.3) is 0 Å². The van der Waals surface area contributed by atoms with E-state index in [2.05, 4.69) is 15.9 Å². The third-order valence-corrected chi connectivity index (χ3v) is 4.52. The molecule has 1 aliphatic heterocycles. The number of amides is 1. The molecule has 6 heteroatoms. The van der Waals surface area contributed by atoms with E-state index in [0.29, 0.717) is 0 Å². The molecule has 2 aromatic rings. The Balaban J connectivity index is 1.76. The van der Waals surface area contributed by atoms with Crippen LogP contribution in [-0.2, 0) is 29.1 Å². The molecule has 1 N–H and O–H groups in total. The number of hydrogen-bond donors (Lipinski definition) is 1. The SMILES string of the molecule is O=C(O)[C@H]1Cc2ccc(Br)cc2CN1C(=O)OCc1ccccc1. The molecule has 1 amide bonds. The number of carbonyl (C=O) groups is 2. The first-order valence-corrected chi connectivity index (χ1v) is 8.31. The minimum absolute atomic E-state index is 0.119. The summed E-state index contributed by atoms with van der Waals surface area (Å²) in [5.74, 6) is -1.03. The van der Waals surface area contributed by atoms with E-state index >= 15 is 0 Å². The number of carboxylic acids is 1. The van der Waals surface area contributed by atoms with Crippen molar-refractivity contribution in [3.8, 4) is 0 Å². The quantitative estimate of drug-likeness (QED) is 0.870. The fourth-order valence-corrected chi connectivity index (χ4v) is 3.18. The van der Waals surface area contributed by atoms with Gasteiger partial charge in [-0.3, -0.25) is 4.90 Å². The van der Waals surface area contributed by atoms with Crippen LogP contribution in [0.3, 0.4) is 0 Å². The first-order valence-electron chi connectivity index (χ1n) is 7.52. The Bertz CT molecular complexity index is 763. The van der Waals surface area contributed by atoms with Crippen molar-refractivity contribution in [1.82, 2.24) is 4.90 Å². The number of aliphatic carboxylic acids is 1. The van der Waals surface area contributed by atoms with E-state index in [1.807, 2.05) is 48.5 Å². The largest absolute Gasteiger partial charge is 0.480 e. The molecular formula is C18H16BrNO4. The van der Waals surface area contributed by atoms with Crippen molar-refractivity contribution in [2.75, 3.05) is 0 Å². The molecule has 0 unspecified atom stereocenters. The maximum atomic E-state index is 12.4. The van der Waals surface area contributed by atoms with Crippen molar-refractivity contribution in [2.45, 2.75) is 25.6 Å². The highest BCUT2D eigenvalue weighted by Crippen LogP contribution is 2.27. The number of fused-ring (bicyclic) bond motifs is 1. The standard InChI is InChI=1S/C18H16BrNO4/c19-15-7-6-13-9-16(17(21)22)20(10-14(13)8-15)18(23)24-11-12-4-2-1-3-5-12/h1-8,16H,9-11H2,(H,21,22)/t16-/m1/s1. The zero-order valence-electron chi connectivity index (χ0n) is 12.8. The van der Waals surface area contributed by atoms with Gasteiger partial charge < -0.3 is 9.84 Å². The Kier molecular flexibility index (Phi) is 4.85. The third kappa shape index (κ3) is 3.59. The highest BCUT2D eigenvalue weighted by Gasteiger charge is 2.35. The Morgan fingerprint density at radius 2 is 1.92 bits per heavy atom. The molecule has 1 heterocycles. The molecular weight excluding hydrogens is 374 g/mol. The van der Waals surface area contributed by atoms with E-state index in [9.17, 15) is 14.7 Å². The second kappa shape index (κ2) is 7.05. The normalized spacial score (nSPS) is 16.4. The van der Waals surface area contributed by atoms with E-state index in [0.717, 1.165) is 21.2 Å². The van der Waals surface area contributed by atoms with Crippen LogP contribution in [0, 0.1) is 0 Å². The minimum Gasteiger partial charge on any atom is -0.480 e. The van der Waals surface area contributed by atoms with Crippen molar-refractivity contribution >= 4 is 28.0 Å². The summed E-state index contributed by atoms with van der Waals surface area (Å²) in [6.07, 6.45) is -0.338. The Hall–Kier alpha value is -2.34. The van der Waals surface area contributed by atoms with Crippen molar-refractivity contribution in [3.63, 3.8) is 0 Å². The van der Waals surface area contributed by atoms with Gasteiger partial charge in [-0.15, -0.1) is 0 Å². The lowest BCUT2D eigenvalue weighted by molar-refractivity contribution is -0.143. The smallest absolute Gasteiger partial charge is 0.411 e. The Labute approximate surface area is 148 Å². The molecule has 0 aromatic heterocycles. The second-order valence-corrected chi connectivity index (χ2v) is 6.55. The van der Waals surface area contributed by atoms with Crippen LogP contribution in [0.2, 0.25) is 0 Å². The lowest BCUT2D eigenvalue weighted by Gasteiger charge is -2.33. The van der Waals surface area contributed by atoms with Crippen molar-refractivity contribution in [1.29, 1.82) is 0 Å². The summed E-state index contributed by atoms with van der Waals surface area (Å²) >= 11 is 3.40. The topological polar surface area (TPSA) is 66.8 Å². The first kappa shape index (κ1) is 16.5. The maximum Gasteiger partial charge on any atom is 0.411 e. The van der Waals surface area contributed by atoms with E-state index in [1.54, 1.807) is 0 Å². The summed E-state index contributed by atoms with van der Waals surface area (Å²) in [6.45, 7) is 0.340. The van der Waals surface area contributed by atoms with Gasteiger partial charge in [-0.25, -0.2) is 9.59 Å². The van der Waals surface area contributed by atoms with Gasteiger partial charge in [0, 0.05) is 10.9 Å². The summed E-state index contributed by atoms with van der Waals surface area (Å²) in [5.41, 5.74) is 2.73. The average Bonchev–Trinajstić information content (AvgIpc) is 2.59. The molecule has 0 spiro atoms. The molecule has 0 bridgehead atoms. The molecule has 124 valence electrons. The number of ether oxygens (including phenoxy) is 1. The molecule has 0 aliphatic carbocycles. The molecule has 0 saturated carbocycles. The predicted octanol–water partition coefficient (Wildman–Crippen LogP) is 3.60. The van der Waals surface area contributed by atoms with Gasteiger partial charge in [0.2, 0.25) is 0 Å². The van der Waals surface area contributed by atoms with Gasteiger partial charge in [-0.2, -0.15) is 0 Å². The molecule has 2 aromatic carbocycles. The summed E-state index contributed by atoms with van der Waals surface area (Å²) in [7, 11) is 0. The molecule has 3 rings (SSSR count). The van der Waals surface area contributed by atoms with E-state index in [1.165, 1.54) is 4.90 Å². The fourth-order valence-electron chi connectivity index (χ4n) is 2.77. The van der Waals surface area contributed by atoms with Crippen LogP contribution in [0.25, 0.3) is 0 Å². The molecule has 1 aliphatic rings. The van der Waals surface area contributed by atoms with E-state index in [4.69, 9.17) is 4.74 Å². The summed E-state index contributed by atoms with van der Waals surface area (Å²) < 4.78 is 6.20. The summed E-state index contributed by atoms with van der Waals surface area (Å²) in [6, 6.07) is 14.1. The number of benzene rings is 2. The fraction of sp³-hybridized carbons (Fsp3) is 0.222. The van der Waals surface area contributed by atoms with Crippen molar-refractivity contribution < 1.29 is 19.4 Å². The van der Waals surface area contributed by atoms with Crippen LogP contribution in [0.1, 0.15) is 16.7 Å². The Morgan fingerprint density at radius 3 is 2.62 bits per heavy atom. The molecule has 0 saturated heterocycles. The van der Waals surface area contributed by atoms with Crippen LogP contribution < -0.4 is 0 Å². The maximum absolute atomic E-state index is 12.4. The highest BCUT2D eigenvalue weighted by atomic mass is 79.9. The lowest BCUT2D eigenvalue weighted by atomic mass is 9.94. The number of nitrogens with zero attached hydrogens (tertiary/aromatic N) is 1. The number of carboxylic acid groups (broad SMARTS) is 1. The Morgan fingerprint density at radius 1 is 1.17 bits per heavy atom. The van der Waals surface area contributed by atoms with E-state index in [-0.39, 0.29) is 19.6 Å². The molecule has 24 heavy (non-hydrogen) atoms. The number of rotatable bonds is 3. The van der Waals surface area contributed by atoms with Gasteiger partial charge in [0.1, 0.15) is 12.6 Å². The predicted molar refractivity (Wildman–Crippen MR) is 91.4 cm³/mol. The zero-order chi connectivity index (χ0) is 17.1. The first-order chi connectivity index (χ1) is 11.5. The highest BCUT2D eigenvalue weighted by molar-refractivity contribution is 9.10. The molecule has 0 radical (unpaired) electrons. The third-order valence-electron chi connectivity index (χ3n) is 4.02. The van der Waals surface area contributed by atoms with Gasteiger partial charge in [0.15, 0.2) is 0 Å². The number of hydrogen-bond acceptors (Lipinski definition) is 3. The van der Waals surface area contributed by atoms with Gasteiger partial charge in [-0.05, 0) is 28.8 Å². The number of carbonyl (C=O) groups excluding carboxylic acids is 1. The molecule has 0 fully saturated rings. The summed E-state index contributed by atoms with van der Waals surface area (Å²) in [4.78, 5) is 25.2. The summed E-state index contributed by atoms with van der Waals surface area (Å²) in [5, 5.41) is 9.46. The second-order valence-electron chi connectivity index (χ2n) is 5.64. The monoisotopic (exact) mass is 389 g/mol. The van der Waals surface area contributed by atoms with Gasteiger partial charge in [-0.1, -0.05) is 52.3 Å². The van der Waals surface area contributed by atoms with Crippen molar-refractivity contribution in [2.24, 2.45) is 0 Å². The van der Waals surface area contributed by atoms with E-state index < -0.39 is 18.1 Å². The molecule has 5 nitrogen and oxygen atoms in total. The van der Waals surface area contributed by atoms with Gasteiger partial charge in [0.05, 0.1) is 6.54 Å². The molecule has 1 atom stereocenters. The van der Waals surface area contributed by atoms with Crippen LogP contribution in [0.4, 0.5) is 4.79 Å². The zero-order valence-corrected chi connectivity index (χ0v) is 14.4. The average molecular weight is 390 g/mol. The van der Waals surface area contributed by atoms with Crippen LogP contribution in [0.5, 0.6) is 0 Å². The van der Waals surface area contributed by atoms with Crippen molar-refractivity contribution in [3.05, 3.63) is 69.7 Å². The van der Waals surface area contributed by atoms with Crippen LogP contribution in [-0.4, -0.2) is 28.1 Å². The van der Waals surface area contributed by atoms with Gasteiger partial charge >= 0.3 is 12.1 Å². The lowest BCUT2D eigenvalue weighted by Crippen LogP contribution is -2.48. The van der Waals surface area contributed by atoms with Crippen LogP contribution >= 0.6 is 15.9 Å².